The van der Waals surface area contributed by atoms with E-state index in [0.717, 1.165) is 8.35 Å². The molecule has 0 aliphatic heterocycles. The molecule has 0 N–H and O–H groups in total. The van der Waals surface area contributed by atoms with Crippen LogP contribution in [0, 0.1) is 13.8 Å². The fourth-order valence-corrected chi connectivity index (χ4v) is 1.13. The summed E-state index contributed by atoms with van der Waals surface area (Å²) in [5.74, 6) is 2.11. The molecular weight excluding hydrogens is 117 g/mol. The van der Waals surface area contributed by atoms with E-state index in [0.29, 0.717) is 0 Å². The van der Waals surface area contributed by atoms with E-state index in [1.165, 1.54) is 11.1 Å². The summed E-state index contributed by atoms with van der Waals surface area (Å²) in [6, 6.07) is 0. The zero-order valence-electron chi connectivity index (χ0n) is 5.05. The van der Waals surface area contributed by atoms with Gasteiger partial charge in [0.1, 0.15) is 0 Å². The van der Waals surface area contributed by atoms with Gasteiger partial charge in [-0.05, 0) is 30.8 Å². The number of aryl methyl sites for hydroxylation is 2. The fourth-order valence-electron chi connectivity index (χ4n) is 0.444. The first-order valence-electron chi connectivity index (χ1n) is 2.54. The van der Waals surface area contributed by atoms with Crippen LogP contribution in [0.5, 0.6) is 0 Å². The van der Waals surface area contributed by atoms with Crippen LogP contribution in [0.2, 0.25) is 0 Å². The average Bonchev–Trinajstić information content (AvgIpc) is 1.77. The molecule has 1 nitrogen and oxygen atoms in total. The highest BCUT2D eigenvalue weighted by molar-refractivity contribution is 7.24. The molecule has 0 atom stereocenters. The second-order valence-electron chi connectivity index (χ2n) is 1.86. The van der Waals surface area contributed by atoms with E-state index >= 15 is 0 Å². The first-order valence-corrected chi connectivity index (χ1v) is 3.46. The van der Waals surface area contributed by atoms with Crippen LogP contribution in [0.15, 0.2) is 12.0 Å². The molecule has 1 heterocycles. The van der Waals surface area contributed by atoms with E-state index < -0.39 is 0 Å². The van der Waals surface area contributed by atoms with Gasteiger partial charge in [0, 0.05) is 14.5 Å². The molecule has 2 heteroatoms. The van der Waals surface area contributed by atoms with Crippen molar-refractivity contribution in [3.63, 3.8) is 0 Å². The second kappa shape index (κ2) is 2.23. The van der Waals surface area contributed by atoms with Crippen molar-refractivity contribution in [2.45, 2.75) is 13.8 Å². The lowest BCUT2D eigenvalue weighted by Crippen LogP contribution is -1.75. The zero-order chi connectivity index (χ0) is 5.98. The Hall–Kier alpha value is -0.420. The maximum absolute atomic E-state index is 4.04. The molecular formula is C6H8NP. The molecule has 1 aromatic heterocycles. The molecule has 0 spiro atoms. The van der Waals surface area contributed by atoms with Crippen LogP contribution in [0.25, 0.3) is 0 Å². The van der Waals surface area contributed by atoms with Crippen molar-refractivity contribution in [2.75, 3.05) is 0 Å². The van der Waals surface area contributed by atoms with Crippen LogP contribution in [-0.2, 0) is 0 Å². The molecule has 8 heavy (non-hydrogen) atoms. The SMILES string of the molecule is Cc1cnpcc1C. The Morgan fingerprint density at radius 2 is 2.12 bits per heavy atom. The van der Waals surface area contributed by atoms with E-state index in [2.05, 4.69) is 24.4 Å². The Morgan fingerprint density at radius 3 is 2.50 bits per heavy atom. The van der Waals surface area contributed by atoms with Crippen LogP contribution in [-0.4, -0.2) is 4.75 Å². The van der Waals surface area contributed by atoms with Crippen LogP contribution in [0.1, 0.15) is 11.1 Å². The minimum Gasteiger partial charge on any atom is -0.235 e. The number of rotatable bonds is 0. The van der Waals surface area contributed by atoms with Gasteiger partial charge in [-0.25, -0.2) is 4.75 Å². The molecule has 0 bridgehead atoms. The Kier molecular flexibility index (Phi) is 1.59. The summed E-state index contributed by atoms with van der Waals surface area (Å²) in [7, 11) is 1.07. The zero-order valence-corrected chi connectivity index (χ0v) is 5.94. The topological polar surface area (TPSA) is 12.9 Å². The van der Waals surface area contributed by atoms with Gasteiger partial charge in [0.25, 0.3) is 0 Å². The van der Waals surface area contributed by atoms with Crippen molar-refractivity contribution in [1.29, 1.82) is 0 Å². The van der Waals surface area contributed by atoms with Gasteiger partial charge in [-0.3, -0.25) is 0 Å². The highest BCUT2D eigenvalue weighted by Gasteiger charge is 1.85. The van der Waals surface area contributed by atoms with E-state index in [1.807, 2.05) is 6.20 Å². The Bertz CT molecular complexity index is 165. The maximum Gasteiger partial charge on any atom is 0.0375 e. The molecule has 0 aromatic carbocycles. The molecule has 0 saturated heterocycles. The predicted molar refractivity (Wildman–Crippen MR) is 36.2 cm³/mol. The molecule has 0 saturated carbocycles. The molecule has 0 amide bonds. The minimum absolute atomic E-state index is 1.07. The number of nitrogens with zero attached hydrogens (tertiary/aromatic N) is 1. The lowest BCUT2D eigenvalue weighted by molar-refractivity contribution is 1.31. The lowest BCUT2D eigenvalue weighted by Gasteiger charge is -1.91. The van der Waals surface area contributed by atoms with Gasteiger partial charge in [0.05, 0.1) is 0 Å². The Balaban J connectivity index is 3.13. The first-order chi connectivity index (χ1) is 3.80. The number of hydrogen-bond donors (Lipinski definition) is 0. The summed E-state index contributed by atoms with van der Waals surface area (Å²) >= 11 is 0. The average molecular weight is 125 g/mol. The largest absolute Gasteiger partial charge is 0.235 e. The maximum atomic E-state index is 4.04. The van der Waals surface area contributed by atoms with Gasteiger partial charge in [0.2, 0.25) is 0 Å². The monoisotopic (exact) mass is 125 g/mol. The predicted octanol–water partition coefficient (Wildman–Crippen LogP) is 2.28. The quantitative estimate of drug-likeness (QED) is 0.518. The van der Waals surface area contributed by atoms with Gasteiger partial charge in [-0.15, -0.1) is 0 Å². The molecule has 0 aliphatic rings. The standard InChI is InChI=1S/C6H8NP/c1-5-3-7-8-4-6(5)2/h3-4H,1-2H3. The van der Waals surface area contributed by atoms with E-state index in [9.17, 15) is 0 Å². The highest BCUT2D eigenvalue weighted by atomic mass is 31.0. The minimum atomic E-state index is 1.07. The lowest BCUT2D eigenvalue weighted by atomic mass is 10.2. The summed E-state index contributed by atoms with van der Waals surface area (Å²) in [4.78, 5) is 0. The van der Waals surface area contributed by atoms with Gasteiger partial charge in [-0.2, -0.15) is 0 Å². The summed E-state index contributed by atoms with van der Waals surface area (Å²) in [5, 5.41) is 0. The van der Waals surface area contributed by atoms with Crippen LogP contribution in [0.4, 0.5) is 0 Å². The molecule has 1 aromatic rings. The van der Waals surface area contributed by atoms with Gasteiger partial charge < -0.3 is 0 Å². The van der Waals surface area contributed by atoms with E-state index in [-0.39, 0.29) is 0 Å². The molecule has 42 valence electrons. The molecule has 0 unspecified atom stereocenters. The number of hydrogen-bond acceptors (Lipinski definition) is 1. The van der Waals surface area contributed by atoms with E-state index in [1.54, 1.807) is 0 Å². The van der Waals surface area contributed by atoms with Crippen molar-refractivity contribution < 1.29 is 0 Å². The van der Waals surface area contributed by atoms with E-state index in [4.69, 9.17) is 0 Å². The Labute approximate surface area is 50.9 Å². The summed E-state index contributed by atoms with van der Waals surface area (Å²) in [6.45, 7) is 4.18. The third kappa shape index (κ3) is 1.05. The van der Waals surface area contributed by atoms with Crippen molar-refractivity contribution in [2.24, 2.45) is 0 Å². The van der Waals surface area contributed by atoms with Crippen molar-refractivity contribution in [3.8, 4) is 0 Å². The second-order valence-corrected chi connectivity index (χ2v) is 2.58. The van der Waals surface area contributed by atoms with Crippen LogP contribution >= 0.6 is 8.35 Å². The third-order valence-electron chi connectivity index (χ3n) is 1.19. The molecule has 0 aliphatic carbocycles. The van der Waals surface area contributed by atoms with Crippen LogP contribution in [0.3, 0.4) is 0 Å². The summed E-state index contributed by atoms with van der Waals surface area (Å²) in [5.41, 5.74) is 2.63. The Morgan fingerprint density at radius 1 is 1.38 bits per heavy atom. The molecule has 0 radical (unpaired) electrons. The summed E-state index contributed by atoms with van der Waals surface area (Å²) in [6.07, 6.45) is 1.91. The summed E-state index contributed by atoms with van der Waals surface area (Å²) < 4.78 is 4.04. The first kappa shape index (κ1) is 5.71. The van der Waals surface area contributed by atoms with Crippen molar-refractivity contribution in [3.05, 3.63) is 23.1 Å². The molecule has 1 rings (SSSR count). The number of aromatic nitrogens is 1. The normalized spacial score (nSPS) is 10.2. The van der Waals surface area contributed by atoms with Gasteiger partial charge >= 0.3 is 0 Å². The third-order valence-corrected chi connectivity index (χ3v) is 1.94. The van der Waals surface area contributed by atoms with Gasteiger partial charge in [-0.1, -0.05) is 0 Å². The van der Waals surface area contributed by atoms with Gasteiger partial charge in [0.15, 0.2) is 0 Å². The highest BCUT2D eigenvalue weighted by Crippen LogP contribution is 2.07. The van der Waals surface area contributed by atoms with Crippen molar-refractivity contribution in [1.82, 2.24) is 4.75 Å². The van der Waals surface area contributed by atoms with Crippen LogP contribution < -0.4 is 0 Å². The fraction of sp³-hybridized carbons (Fsp3) is 0.333. The smallest absolute Gasteiger partial charge is 0.0375 e. The van der Waals surface area contributed by atoms with Crippen molar-refractivity contribution >= 4 is 8.35 Å². The molecule has 0 fully saturated rings.